The van der Waals surface area contributed by atoms with Crippen molar-refractivity contribution in [1.29, 1.82) is 0 Å². The molecule has 5 rings (SSSR count). The molecule has 0 fully saturated rings. The Morgan fingerprint density at radius 1 is 0.727 bits per heavy atom. The molecule has 7 heteroatoms. The number of fused-ring (bicyclic) bond motifs is 1. The lowest BCUT2D eigenvalue weighted by atomic mass is 10.1. The Bertz CT molecular complexity index is 1440. The Balaban J connectivity index is 1.43. The molecule has 0 aliphatic carbocycles. The van der Waals surface area contributed by atoms with Crippen LogP contribution in [0.2, 0.25) is 0 Å². The number of nitrogens with zero attached hydrogens (tertiary/aromatic N) is 3. The van der Waals surface area contributed by atoms with Crippen molar-refractivity contribution in [2.75, 3.05) is 0 Å². The number of aromatic nitrogens is 3. The molecule has 160 valence electrons. The first-order valence-corrected chi connectivity index (χ1v) is 10.4. The molecule has 0 radical (unpaired) electrons. The first-order valence-electron chi connectivity index (χ1n) is 10.4. The summed E-state index contributed by atoms with van der Waals surface area (Å²) < 4.78 is 1.64. The summed E-state index contributed by atoms with van der Waals surface area (Å²) in [7, 11) is 0. The molecule has 2 N–H and O–H groups in total. The van der Waals surface area contributed by atoms with Gasteiger partial charge in [-0.1, -0.05) is 72.8 Å². The molecule has 2 amide bonds. The first-order chi connectivity index (χ1) is 16.2. The van der Waals surface area contributed by atoms with Gasteiger partial charge in [0.2, 0.25) is 0 Å². The third kappa shape index (κ3) is 4.07. The molecule has 0 aliphatic heterocycles. The lowest BCUT2D eigenvalue weighted by Gasteiger charge is -2.09. The van der Waals surface area contributed by atoms with E-state index in [2.05, 4.69) is 20.9 Å². The number of nitrogens with one attached hydrogen (secondary N) is 2. The molecule has 2 aromatic heterocycles. The third-order valence-corrected chi connectivity index (χ3v) is 5.21. The summed E-state index contributed by atoms with van der Waals surface area (Å²) in [6.45, 7) is 0. The highest BCUT2D eigenvalue weighted by molar-refractivity contribution is 6.07. The molecule has 33 heavy (non-hydrogen) atoms. The largest absolute Gasteiger partial charge is 0.288 e. The maximum absolute atomic E-state index is 13.1. The minimum atomic E-state index is -0.503. The Morgan fingerprint density at radius 3 is 2.18 bits per heavy atom. The molecular weight excluding hydrogens is 414 g/mol. The van der Waals surface area contributed by atoms with Gasteiger partial charge in [-0.25, -0.2) is 4.68 Å². The predicted octanol–water partition coefficient (Wildman–Crippen LogP) is 4.16. The zero-order chi connectivity index (χ0) is 22.6. The van der Waals surface area contributed by atoms with E-state index >= 15 is 0 Å². The van der Waals surface area contributed by atoms with Crippen molar-refractivity contribution >= 4 is 22.6 Å². The maximum atomic E-state index is 13.1. The monoisotopic (exact) mass is 433 g/mol. The van der Waals surface area contributed by atoms with E-state index in [9.17, 15) is 9.59 Å². The fourth-order valence-corrected chi connectivity index (χ4v) is 3.60. The van der Waals surface area contributed by atoms with Gasteiger partial charge < -0.3 is 0 Å². The van der Waals surface area contributed by atoms with Gasteiger partial charge in [0.15, 0.2) is 0 Å². The normalized spacial score (nSPS) is 10.7. The van der Waals surface area contributed by atoms with Gasteiger partial charge in [0, 0.05) is 23.3 Å². The number of para-hydroxylation sites is 1. The van der Waals surface area contributed by atoms with E-state index in [1.165, 1.54) is 0 Å². The van der Waals surface area contributed by atoms with Gasteiger partial charge >= 0.3 is 0 Å². The van der Waals surface area contributed by atoms with Crippen molar-refractivity contribution in [1.82, 2.24) is 25.6 Å². The van der Waals surface area contributed by atoms with Crippen LogP contribution in [0.3, 0.4) is 0 Å². The number of carbonyl (C=O) groups excluding carboxylic acids is 2. The van der Waals surface area contributed by atoms with Crippen molar-refractivity contribution < 1.29 is 9.59 Å². The standard InChI is InChI=1S/C26H19N5O2/c32-25(28-29-26(33)24-21-14-8-7-9-18(21)15-16-27-24)22-17-31(20-12-5-2-6-13-20)30-23(22)19-10-3-1-4-11-19/h1-17H,(H,28,32)(H,29,33). The zero-order valence-electron chi connectivity index (χ0n) is 17.5. The van der Waals surface area contributed by atoms with Crippen molar-refractivity contribution in [3.05, 3.63) is 115 Å². The molecule has 2 heterocycles. The number of hydrogen-bond acceptors (Lipinski definition) is 4. The van der Waals surface area contributed by atoms with Crippen molar-refractivity contribution in [3.8, 4) is 16.9 Å². The van der Waals surface area contributed by atoms with E-state index < -0.39 is 11.8 Å². The van der Waals surface area contributed by atoms with Crippen LogP contribution in [0.4, 0.5) is 0 Å². The number of rotatable bonds is 4. The van der Waals surface area contributed by atoms with E-state index in [4.69, 9.17) is 0 Å². The second-order valence-corrected chi connectivity index (χ2v) is 7.33. The molecule has 0 bridgehead atoms. The zero-order valence-corrected chi connectivity index (χ0v) is 17.5. The average molecular weight is 433 g/mol. The predicted molar refractivity (Wildman–Crippen MR) is 126 cm³/mol. The summed E-state index contributed by atoms with van der Waals surface area (Å²) in [6.07, 6.45) is 3.21. The highest BCUT2D eigenvalue weighted by Crippen LogP contribution is 2.23. The fraction of sp³-hybridized carbons (Fsp3) is 0. The topological polar surface area (TPSA) is 88.9 Å². The van der Waals surface area contributed by atoms with Crippen LogP contribution >= 0.6 is 0 Å². The lowest BCUT2D eigenvalue weighted by molar-refractivity contribution is 0.0845. The van der Waals surface area contributed by atoms with E-state index in [1.54, 1.807) is 17.1 Å². The lowest BCUT2D eigenvalue weighted by Crippen LogP contribution is -2.42. The van der Waals surface area contributed by atoms with Gasteiger partial charge in [0.1, 0.15) is 11.4 Å². The van der Waals surface area contributed by atoms with Crippen LogP contribution in [0.1, 0.15) is 20.8 Å². The summed E-state index contributed by atoms with van der Waals surface area (Å²) in [5.74, 6) is -0.985. The third-order valence-electron chi connectivity index (χ3n) is 5.21. The molecule has 0 unspecified atom stereocenters. The number of pyridine rings is 1. The molecule has 0 aliphatic rings. The average Bonchev–Trinajstić information content (AvgIpc) is 3.33. The Hall–Kier alpha value is -4.78. The molecule has 3 aromatic carbocycles. The molecule has 5 aromatic rings. The smallest absolute Gasteiger partial charge is 0.267 e. The summed E-state index contributed by atoms with van der Waals surface area (Å²) in [5.41, 5.74) is 7.66. The van der Waals surface area contributed by atoms with Crippen LogP contribution in [0.25, 0.3) is 27.7 Å². The van der Waals surface area contributed by atoms with Crippen LogP contribution in [-0.4, -0.2) is 26.6 Å². The molecule has 0 saturated heterocycles. The minimum absolute atomic E-state index is 0.233. The number of benzene rings is 3. The van der Waals surface area contributed by atoms with Gasteiger partial charge in [0.05, 0.1) is 11.3 Å². The highest BCUT2D eigenvalue weighted by Gasteiger charge is 2.20. The fourth-order valence-electron chi connectivity index (χ4n) is 3.60. The second kappa shape index (κ2) is 8.76. The van der Waals surface area contributed by atoms with E-state index in [0.717, 1.165) is 16.6 Å². The molecule has 0 saturated carbocycles. The molecule has 0 atom stereocenters. The van der Waals surface area contributed by atoms with Gasteiger partial charge in [-0.05, 0) is 23.6 Å². The van der Waals surface area contributed by atoms with Crippen molar-refractivity contribution in [2.24, 2.45) is 0 Å². The number of amides is 2. The van der Waals surface area contributed by atoms with Crippen LogP contribution in [0, 0.1) is 0 Å². The SMILES string of the molecule is O=C(NNC(=O)c1nccc2ccccc12)c1cn(-c2ccccc2)nc1-c1ccccc1. The van der Waals surface area contributed by atoms with E-state index in [-0.39, 0.29) is 5.69 Å². The van der Waals surface area contributed by atoms with Gasteiger partial charge in [-0.2, -0.15) is 5.10 Å². The van der Waals surface area contributed by atoms with Crippen LogP contribution in [0.15, 0.2) is 103 Å². The van der Waals surface area contributed by atoms with Crippen LogP contribution in [-0.2, 0) is 0 Å². The second-order valence-electron chi connectivity index (χ2n) is 7.33. The van der Waals surface area contributed by atoms with Crippen LogP contribution < -0.4 is 10.9 Å². The summed E-state index contributed by atoms with van der Waals surface area (Å²) >= 11 is 0. The summed E-state index contributed by atoms with van der Waals surface area (Å²) in [5, 5.41) is 6.22. The van der Waals surface area contributed by atoms with Gasteiger partial charge in [-0.3, -0.25) is 25.4 Å². The number of carbonyl (C=O) groups is 2. The minimum Gasteiger partial charge on any atom is -0.267 e. The molecular formula is C26H19N5O2. The maximum Gasteiger partial charge on any atom is 0.288 e. The summed E-state index contributed by atoms with van der Waals surface area (Å²) in [4.78, 5) is 30.0. The van der Waals surface area contributed by atoms with Crippen molar-refractivity contribution in [2.45, 2.75) is 0 Å². The first kappa shape index (κ1) is 20.1. The van der Waals surface area contributed by atoms with E-state index in [1.807, 2.05) is 91.0 Å². The molecule has 7 nitrogen and oxygen atoms in total. The van der Waals surface area contributed by atoms with Gasteiger partial charge in [-0.15, -0.1) is 0 Å². The Kier molecular flexibility index (Phi) is 5.35. The molecule has 0 spiro atoms. The van der Waals surface area contributed by atoms with Crippen molar-refractivity contribution in [3.63, 3.8) is 0 Å². The van der Waals surface area contributed by atoms with E-state index in [0.29, 0.717) is 16.6 Å². The van der Waals surface area contributed by atoms with Gasteiger partial charge in [0.25, 0.3) is 11.8 Å². The number of hydrazine groups is 1. The van der Waals surface area contributed by atoms with Crippen LogP contribution in [0.5, 0.6) is 0 Å². The summed E-state index contributed by atoms with van der Waals surface area (Å²) in [6, 6.07) is 28.2. The Labute approximate surface area is 189 Å². The number of hydrogen-bond donors (Lipinski definition) is 2. The highest BCUT2D eigenvalue weighted by atomic mass is 16.2. The quantitative estimate of drug-likeness (QED) is 0.417. The Morgan fingerprint density at radius 2 is 1.39 bits per heavy atom.